The maximum Gasteiger partial charge on any atom is 0.162 e. The molecule has 1 aliphatic heterocycles. The minimum absolute atomic E-state index is 0.113. The predicted octanol–water partition coefficient (Wildman–Crippen LogP) is 8.67. The van der Waals surface area contributed by atoms with Gasteiger partial charge in [0.05, 0.1) is 11.1 Å². The SMILES string of the molecule is COCCN1C2=C(C(=O)CC(C)(C)C2)C(c2ccc(OCc3ccc(Cl)cc3Cl)c(Br)c2)C2=C1CC(C)(C)CC2=O. The third-order valence-corrected chi connectivity index (χ3v) is 9.44. The molecule has 0 saturated heterocycles. The number of rotatable bonds is 7. The van der Waals surface area contributed by atoms with Crippen LogP contribution in [0.25, 0.3) is 0 Å². The smallest absolute Gasteiger partial charge is 0.162 e. The first-order valence-electron chi connectivity index (χ1n) is 14.0. The second kappa shape index (κ2) is 11.5. The van der Waals surface area contributed by atoms with Gasteiger partial charge in [-0.05, 0) is 69.4 Å². The van der Waals surface area contributed by atoms with Crippen molar-refractivity contribution in [1.29, 1.82) is 0 Å². The van der Waals surface area contributed by atoms with E-state index in [9.17, 15) is 9.59 Å². The van der Waals surface area contributed by atoms with Crippen molar-refractivity contribution >= 4 is 50.7 Å². The number of Topliss-reactive ketones (excluding diaryl/α,β-unsaturated/α-hetero) is 2. The first kappa shape index (κ1) is 30.3. The molecule has 1 heterocycles. The number of halogens is 3. The average Bonchev–Trinajstić information content (AvgIpc) is 2.86. The van der Waals surface area contributed by atoms with Crippen LogP contribution >= 0.6 is 39.1 Å². The van der Waals surface area contributed by atoms with E-state index in [0.29, 0.717) is 41.8 Å². The van der Waals surface area contributed by atoms with E-state index in [1.54, 1.807) is 19.2 Å². The van der Waals surface area contributed by atoms with Gasteiger partial charge in [-0.15, -0.1) is 0 Å². The molecule has 0 aromatic heterocycles. The highest BCUT2D eigenvalue weighted by atomic mass is 79.9. The average molecular weight is 661 g/mol. The van der Waals surface area contributed by atoms with E-state index < -0.39 is 5.92 Å². The lowest BCUT2D eigenvalue weighted by Crippen LogP contribution is -2.45. The zero-order chi connectivity index (χ0) is 29.7. The third-order valence-electron chi connectivity index (χ3n) is 8.23. The predicted molar refractivity (Wildman–Crippen MR) is 166 cm³/mol. The van der Waals surface area contributed by atoms with Crippen LogP contribution in [0.5, 0.6) is 5.75 Å². The molecular weight excluding hydrogens is 625 g/mol. The van der Waals surface area contributed by atoms with E-state index in [1.807, 2.05) is 24.3 Å². The number of allylic oxidation sites excluding steroid dienone is 4. The highest BCUT2D eigenvalue weighted by molar-refractivity contribution is 9.10. The summed E-state index contributed by atoms with van der Waals surface area (Å²) in [6.07, 6.45) is 2.44. The number of benzene rings is 2. The molecule has 0 spiro atoms. The van der Waals surface area contributed by atoms with Crippen LogP contribution in [0.15, 0.2) is 63.4 Å². The van der Waals surface area contributed by atoms with Gasteiger partial charge >= 0.3 is 0 Å². The summed E-state index contributed by atoms with van der Waals surface area (Å²) in [6.45, 7) is 9.98. The van der Waals surface area contributed by atoms with Gasteiger partial charge in [0.2, 0.25) is 0 Å². The summed E-state index contributed by atoms with van der Waals surface area (Å²) >= 11 is 16.1. The van der Waals surface area contributed by atoms with Crippen molar-refractivity contribution in [1.82, 2.24) is 4.90 Å². The molecule has 0 radical (unpaired) electrons. The van der Waals surface area contributed by atoms with E-state index >= 15 is 0 Å². The van der Waals surface area contributed by atoms with Crippen LogP contribution in [0.3, 0.4) is 0 Å². The summed E-state index contributed by atoms with van der Waals surface area (Å²) in [6, 6.07) is 11.2. The Morgan fingerprint density at radius 3 is 2.05 bits per heavy atom. The van der Waals surface area contributed by atoms with Gasteiger partial charge in [-0.2, -0.15) is 0 Å². The number of hydrogen-bond acceptors (Lipinski definition) is 5. The lowest BCUT2D eigenvalue weighted by Gasteiger charge is -2.49. The van der Waals surface area contributed by atoms with Gasteiger partial charge in [-0.25, -0.2) is 0 Å². The molecule has 0 unspecified atom stereocenters. The number of methoxy groups -OCH3 is 1. The number of ether oxygens (including phenoxy) is 2. The normalized spacial score (nSPS) is 20.3. The Bertz CT molecular complexity index is 1420. The molecule has 0 amide bonds. The molecule has 3 aliphatic rings. The standard InChI is InChI=1S/C33H36BrCl2NO4/c1-32(2)14-24-30(26(38)16-32)29(31-25(37(24)10-11-40-5)15-33(3,4)17-27(31)39)19-7-9-28(22(34)12-19)41-18-20-6-8-21(35)13-23(20)36/h6-9,12-13,29H,10-11,14-18H2,1-5H3. The van der Waals surface area contributed by atoms with Crippen LogP contribution in [0.2, 0.25) is 10.0 Å². The van der Waals surface area contributed by atoms with Crippen molar-refractivity contribution in [2.45, 2.75) is 65.9 Å². The maximum absolute atomic E-state index is 13.9. The second-order valence-corrected chi connectivity index (χ2v) is 14.6. The molecule has 2 aromatic carbocycles. The Hall–Kier alpha value is -2.12. The van der Waals surface area contributed by atoms with Gasteiger partial charge in [0.15, 0.2) is 11.6 Å². The molecule has 2 aliphatic carbocycles. The van der Waals surface area contributed by atoms with E-state index in [2.05, 4.69) is 48.5 Å². The highest BCUT2D eigenvalue weighted by Gasteiger charge is 2.48. The number of nitrogens with zero attached hydrogens (tertiary/aromatic N) is 1. The summed E-state index contributed by atoms with van der Waals surface area (Å²) in [7, 11) is 1.69. The Morgan fingerprint density at radius 1 is 0.902 bits per heavy atom. The molecule has 0 N–H and O–H groups in total. The molecule has 5 nitrogen and oxygen atoms in total. The summed E-state index contributed by atoms with van der Waals surface area (Å²) in [5.41, 5.74) is 4.96. The minimum atomic E-state index is -0.415. The number of hydrogen-bond donors (Lipinski definition) is 0. The first-order valence-corrected chi connectivity index (χ1v) is 15.5. The third kappa shape index (κ3) is 6.17. The van der Waals surface area contributed by atoms with Crippen molar-refractivity contribution < 1.29 is 19.1 Å². The zero-order valence-corrected chi connectivity index (χ0v) is 27.3. The van der Waals surface area contributed by atoms with E-state index in [4.69, 9.17) is 32.7 Å². The van der Waals surface area contributed by atoms with Gasteiger partial charge in [-0.3, -0.25) is 9.59 Å². The van der Waals surface area contributed by atoms with Gasteiger partial charge < -0.3 is 14.4 Å². The van der Waals surface area contributed by atoms with Crippen molar-refractivity contribution in [2.75, 3.05) is 20.3 Å². The number of carbonyl (C=O) groups is 2. The maximum atomic E-state index is 13.9. The van der Waals surface area contributed by atoms with Gasteiger partial charge in [0, 0.05) is 70.6 Å². The molecule has 5 rings (SSSR count). The fraction of sp³-hybridized carbons (Fsp3) is 0.455. The second-order valence-electron chi connectivity index (χ2n) is 12.9. The fourth-order valence-corrected chi connectivity index (χ4v) is 7.42. The summed E-state index contributed by atoms with van der Waals surface area (Å²) in [5.74, 6) is 0.457. The van der Waals surface area contributed by atoms with Crippen LogP contribution in [-0.4, -0.2) is 36.7 Å². The molecule has 0 atom stereocenters. The lowest BCUT2D eigenvalue weighted by atomic mass is 9.63. The monoisotopic (exact) mass is 659 g/mol. The van der Waals surface area contributed by atoms with E-state index in [0.717, 1.165) is 51.0 Å². The molecule has 0 saturated carbocycles. The van der Waals surface area contributed by atoms with Gasteiger partial charge in [0.25, 0.3) is 0 Å². The van der Waals surface area contributed by atoms with Crippen LogP contribution in [-0.2, 0) is 20.9 Å². The number of carbonyl (C=O) groups excluding carboxylic acids is 2. The molecule has 0 fully saturated rings. The Balaban J connectivity index is 1.58. The van der Waals surface area contributed by atoms with Crippen LogP contribution in [0.1, 0.15) is 70.4 Å². The van der Waals surface area contributed by atoms with Crippen LogP contribution in [0, 0.1) is 10.8 Å². The summed E-state index contributed by atoms with van der Waals surface area (Å²) < 4.78 is 12.3. The summed E-state index contributed by atoms with van der Waals surface area (Å²) in [5, 5.41) is 1.11. The summed E-state index contributed by atoms with van der Waals surface area (Å²) in [4.78, 5) is 30.1. The van der Waals surface area contributed by atoms with Crippen molar-refractivity contribution in [3.05, 3.63) is 84.6 Å². The van der Waals surface area contributed by atoms with Crippen LogP contribution in [0.4, 0.5) is 0 Å². The minimum Gasteiger partial charge on any atom is -0.488 e. The van der Waals surface area contributed by atoms with Crippen molar-refractivity contribution in [3.8, 4) is 5.75 Å². The van der Waals surface area contributed by atoms with Gasteiger partial charge in [-0.1, -0.05) is 63.0 Å². The molecule has 2 aromatic rings. The van der Waals surface area contributed by atoms with E-state index in [1.165, 1.54) is 0 Å². The Morgan fingerprint density at radius 2 is 1.51 bits per heavy atom. The first-order chi connectivity index (χ1) is 19.3. The molecule has 218 valence electrons. The molecular formula is C33H36BrCl2NO4. The molecule has 41 heavy (non-hydrogen) atoms. The van der Waals surface area contributed by atoms with E-state index in [-0.39, 0.29) is 29.0 Å². The largest absolute Gasteiger partial charge is 0.488 e. The van der Waals surface area contributed by atoms with Crippen molar-refractivity contribution in [2.24, 2.45) is 10.8 Å². The topological polar surface area (TPSA) is 55.8 Å². The zero-order valence-electron chi connectivity index (χ0n) is 24.2. The molecule has 8 heteroatoms. The number of ketones is 2. The highest BCUT2D eigenvalue weighted by Crippen LogP contribution is 2.54. The van der Waals surface area contributed by atoms with Crippen LogP contribution < -0.4 is 4.74 Å². The van der Waals surface area contributed by atoms with Crippen molar-refractivity contribution in [3.63, 3.8) is 0 Å². The fourth-order valence-electron chi connectivity index (χ4n) is 6.44. The Labute approximate surface area is 261 Å². The lowest BCUT2D eigenvalue weighted by molar-refractivity contribution is -0.119. The molecule has 0 bridgehead atoms. The van der Waals surface area contributed by atoms with Gasteiger partial charge in [0.1, 0.15) is 12.4 Å². The quantitative estimate of drug-likeness (QED) is 0.297. The Kier molecular flexibility index (Phi) is 8.52.